The van der Waals surface area contributed by atoms with Crippen LogP contribution in [0.1, 0.15) is 19.4 Å². The number of piperazine rings is 2. The molecule has 10 heteroatoms. The van der Waals surface area contributed by atoms with E-state index < -0.39 is 0 Å². The summed E-state index contributed by atoms with van der Waals surface area (Å²) in [7, 11) is 2.16. The van der Waals surface area contributed by atoms with Crippen LogP contribution in [0.2, 0.25) is 0 Å². The van der Waals surface area contributed by atoms with Crippen LogP contribution in [0, 0.1) is 0 Å². The first kappa shape index (κ1) is 25.4. The van der Waals surface area contributed by atoms with E-state index in [0.29, 0.717) is 26.2 Å². The number of carbonyl (C=O) groups excluding carboxylic acids is 1. The van der Waals surface area contributed by atoms with Gasteiger partial charge in [-0.15, -0.1) is 24.0 Å². The lowest BCUT2D eigenvalue weighted by molar-refractivity contribution is 0.0914. The third kappa shape index (κ3) is 7.37. The van der Waals surface area contributed by atoms with E-state index in [0.717, 1.165) is 63.2 Å². The molecule has 3 heterocycles. The van der Waals surface area contributed by atoms with E-state index in [-0.39, 0.29) is 30.1 Å². The zero-order valence-corrected chi connectivity index (χ0v) is 21.2. The lowest BCUT2D eigenvalue weighted by Crippen LogP contribution is -2.53. The number of ether oxygens (including phenoxy) is 1. The van der Waals surface area contributed by atoms with Gasteiger partial charge in [0, 0.05) is 65.1 Å². The van der Waals surface area contributed by atoms with Gasteiger partial charge in [-0.05, 0) is 32.5 Å². The van der Waals surface area contributed by atoms with Gasteiger partial charge in [0.05, 0.1) is 13.2 Å². The second-order valence-corrected chi connectivity index (χ2v) is 7.66. The van der Waals surface area contributed by atoms with Gasteiger partial charge in [0.1, 0.15) is 5.82 Å². The predicted molar refractivity (Wildman–Crippen MR) is 134 cm³/mol. The lowest BCUT2D eigenvalue weighted by atomic mass is 10.2. The van der Waals surface area contributed by atoms with E-state index in [4.69, 9.17) is 9.73 Å². The quantitative estimate of drug-likeness (QED) is 0.343. The molecular formula is C21H36IN7O2. The normalized spacial score (nSPS) is 17.9. The van der Waals surface area contributed by atoms with E-state index in [9.17, 15) is 4.79 Å². The average molecular weight is 545 g/mol. The Morgan fingerprint density at radius 2 is 1.74 bits per heavy atom. The smallest absolute Gasteiger partial charge is 0.409 e. The Balaban J connectivity index is 0.00000341. The van der Waals surface area contributed by atoms with Crippen LogP contribution in [0.25, 0.3) is 0 Å². The SMILES string of the molecule is CCNC(=NCc1ccc(N2CCN(C)CC2)nc1)N1CCN(C(=O)OCC)CC1.I. The van der Waals surface area contributed by atoms with E-state index in [1.807, 2.05) is 13.1 Å². The van der Waals surface area contributed by atoms with Gasteiger partial charge in [0.25, 0.3) is 0 Å². The minimum absolute atomic E-state index is 0. The fourth-order valence-electron chi connectivity index (χ4n) is 3.64. The molecule has 2 aliphatic rings. The first-order valence-corrected chi connectivity index (χ1v) is 10.9. The van der Waals surface area contributed by atoms with Crippen molar-refractivity contribution in [2.24, 2.45) is 4.99 Å². The van der Waals surface area contributed by atoms with Crippen molar-refractivity contribution in [2.45, 2.75) is 20.4 Å². The number of aliphatic imine (C=N–C) groups is 1. The average Bonchev–Trinajstić information content (AvgIpc) is 2.78. The van der Waals surface area contributed by atoms with Crippen molar-refractivity contribution in [1.29, 1.82) is 0 Å². The van der Waals surface area contributed by atoms with Crippen molar-refractivity contribution >= 4 is 41.8 Å². The Morgan fingerprint density at radius 3 is 2.32 bits per heavy atom. The molecule has 0 saturated carbocycles. The van der Waals surface area contributed by atoms with Gasteiger partial charge in [0.15, 0.2) is 5.96 Å². The third-order valence-electron chi connectivity index (χ3n) is 5.49. The summed E-state index contributed by atoms with van der Waals surface area (Å²) in [4.78, 5) is 30.0. The van der Waals surface area contributed by atoms with Crippen molar-refractivity contribution < 1.29 is 9.53 Å². The molecular weight excluding hydrogens is 509 g/mol. The second kappa shape index (κ2) is 12.9. The number of amides is 1. The van der Waals surface area contributed by atoms with Crippen molar-refractivity contribution in [1.82, 2.24) is 25.0 Å². The molecule has 0 aliphatic carbocycles. The molecule has 1 aromatic rings. The van der Waals surface area contributed by atoms with E-state index >= 15 is 0 Å². The Bertz CT molecular complexity index is 700. The number of carbonyl (C=O) groups is 1. The highest BCUT2D eigenvalue weighted by atomic mass is 127. The standard InChI is InChI=1S/C21H35N7O2.HI/c1-4-22-20(27-12-14-28(15-13-27)21(29)30-5-2)24-17-18-6-7-19(23-16-18)26-10-8-25(3)9-11-26;/h6-7,16H,4-5,8-15,17H2,1-3H3,(H,22,24);1H. The minimum Gasteiger partial charge on any atom is -0.450 e. The summed E-state index contributed by atoms with van der Waals surface area (Å²) in [6, 6.07) is 4.22. The molecule has 174 valence electrons. The monoisotopic (exact) mass is 545 g/mol. The van der Waals surface area contributed by atoms with Crippen LogP contribution in [0.5, 0.6) is 0 Å². The van der Waals surface area contributed by atoms with Gasteiger partial charge in [-0.3, -0.25) is 0 Å². The van der Waals surface area contributed by atoms with Crippen LogP contribution >= 0.6 is 24.0 Å². The molecule has 0 atom stereocenters. The molecule has 2 aliphatic heterocycles. The maximum atomic E-state index is 11.9. The highest BCUT2D eigenvalue weighted by molar-refractivity contribution is 14.0. The van der Waals surface area contributed by atoms with Crippen LogP contribution in [0.4, 0.5) is 10.6 Å². The zero-order valence-electron chi connectivity index (χ0n) is 18.9. The second-order valence-electron chi connectivity index (χ2n) is 7.66. The maximum absolute atomic E-state index is 11.9. The molecule has 0 bridgehead atoms. The highest BCUT2D eigenvalue weighted by Gasteiger charge is 2.23. The number of aromatic nitrogens is 1. The molecule has 2 saturated heterocycles. The summed E-state index contributed by atoms with van der Waals surface area (Å²) in [5.41, 5.74) is 1.09. The van der Waals surface area contributed by atoms with Gasteiger partial charge < -0.3 is 29.7 Å². The molecule has 0 aromatic carbocycles. The van der Waals surface area contributed by atoms with Gasteiger partial charge >= 0.3 is 6.09 Å². The van der Waals surface area contributed by atoms with Crippen LogP contribution in [0.3, 0.4) is 0 Å². The van der Waals surface area contributed by atoms with Crippen molar-refractivity contribution in [3.63, 3.8) is 0 Å². The maximum Gasteiger partial charge on any atom is 0.409 e. The largest absolute Gasteiger partial charge is 0.450 e. The van der Waals surface area contributed by atoms with Gasteiger partial charge in [-0.25, -0.2) is 14.8 Å². The van der Waals surface area contributed by atoms with Gasteiger partial charge in [-0.2, -0.15) is 0 Å². The minimum atomic E-state index is -0.231. The summed E-state index contributed by atoms with van der Waals surface area (Å²) >= 11 is 0. The van der Waals surface area contributed by atoms with Crippen LogP contribution < -0.4 is 10.2 Å². The molecule has 3 rings (SSSR count). The molecule has 31 heavy (non-hydrogen) atoms. The molecule has 0 spiro atoms. The Kier molecular flexibility index (Phi) is 10.6. The number of nitrogens with zero attached hydrogens (tertiary/aromatic N) is 6. The zero-order chi connectivity index (χ0) is 21.3. The number of nitrogens with one attached hydrogen (secondary N) is 1. The summed E-state index contributed by atoms with van der Waals surface area (Å²) in [6.07, 6.45) is 1.70. The summed E-state index contributed by atoms with van der Waals surface area (Å²) in [6.45, 7) is 12.6. The number of hydrogen-bond donors (Lipinski definition) is 1. The summed E-state index contributed by atoms with van der Waals surface area (Å²) < 4.78 is 5.10. The van der Waals surface area contributed by atoms with E-state index in [2.05, 4.69) is 51.1 Å². The number of hydrogen-bond acceptors (Lipinski definition) is 6. The van der Waals surface area contributed by atoms with Crippen LogP contribution in [-0.4, -0.2) is 104 Å². The fraction of sp³-hybridized carbons (Fsp3) is 0.667. The number of pyridine rings is 1. The van der Waals surface area contributed by atoms with Gasteiger partial charge in [-0.1, -0.05) is 6.07 Å². The first-order chi connectivity index (χ1) is 14.6. The topological polar surface area (TPSA) is 76.5 Å². The number of rotatable bonds is 5. The van der Waals surface area contributed by atoms with Crippen LogP contribution in [0.15, 0.2) is 23.3 Å². The fourth-order valence-corrected chi connectivity index (χ4v) is 3.64. The number of likely N-dealkylation sites (N-methyl/N-ethyl adjacent to an activating group) is 1. The Morgan fingerprint density at radius 1 is 1.06 bits per heavy atom. The third-order valence-corrected chi connectivity index (χ3v) is 5.49. The van der Waals surface area contributed by atoms with E-state index in [1.165, 1.54) is 0 Å². The molecule has 1 N–H and O–H groups in total. The molecule has 2 fully saturated rings. The predicted octanol–water partition coefficient (Wildman–Crippen LogP) is 1.69. The molecule has 0 unspecified atom stereocenters. The molecule has 0 radical (unpaired) electrons. The number of halogens is 1. The first-order valence-electron chi connectivity index (χ1n) is 10.9. The van der Waals surface area contributed by atoms with Crippen molar-refractivity contribution in [3.05, 3.63) is 23.9 Å². The summed E-state index contributed by atoms with van der Waals surface area (Å²) in [5.74, 6) is 1.92. The lowest BCUT2D eigenvalue weighted by Gasteiger charge is -2.35. The van der Waals surface area contributed by atoms with Crippen LogP contribution in [-0.2, 0) is 11.3 Å². The van der Waals surface area contributed by atoms with Crippen molar-refractivity contribution in [3.8, 4) is 0 Å². The number of guanidine groups is 1. The Labute approximate surface area is 202 Å². The number of anilines is 1. The van der Waals surface area contributed by atoms with Crippen molar-refractivity contribution in [2.75, 3.05) is 77.5 Å². The molecule has 1 amide bonds. The highest BCUT2D eigenvalue weighted by Crippen LogP contribution is 2.14. The molecule has 1 aromatic heterocycles. The molecule has 9 nitrogen and oxygen atoms in total. The van der Waals surface area contributed by atoms with E-state index in [1.54, 1.807) is 4.90 Å². The summed E-state index contributed by atoms with van der Waals surface area (Å²) in [5, 5.41) is 3.37. The Hall–Kier alpha value is -1.82. The van der Waals surface area contributed by atoms with Gasteiger partial charge in [0.2, 0.25) is 0 Å².